The molecule has 2 aromatic heterocycles. The lowest BCUT2D eigenvalue weighted by Crippen LogP contribution is -2.23. The van der Waals surface area contributed by atoms with Gasteiger partial charge in [0.2, 0.25) is 0 Å². The van der Waals surface area contributed by atoms with E-state index in [0.29, 0.717) is 0 Å². The van der Waals surface area contributed by atoms with Gasteiger partial charge in [-0.05, 0) is 101 Å². The van der Waals surface area contributed by atoms with Crippen molar-refractivity contribution in [2.75, 3.05) is 11.4 Å². The van der Waals surface area contributed by atoms with Crippen LogP contribution in [-0.2, 0) is 6.42 Å². The highest BCUT2D eigenvalue weighted by molar-refractivity contribution is 6.09. The Labute approximate surface area is 296 Å². The fourth-order valence-corrected chi connectivity index (χ4v) is 8.53. The van der Waals surface area contributed by atoms with Gasteiger partial charge >= 0.3 is 0 Å². The SMILES string of the molecule is C1=CC=C2CN(c3cccc(-n4c5ccccc5c5ccccc54)c3)c3cc(-c4ccc5c6c(oc5c4)C=CCC6)ccc3-c3ccccc3C=12. The summed E-state index contributed by atoms with van der Waals surface area (Å²) in [5, 5.41) is 3.75. The van der Waals surface area contributed by atoms with Crippen LogP contribution in [0.4, 0.5) is 11.4 Å². The molecule has 3 heterocycles. The largest absolute Gasteiger partial charge is 0.456 e. The molecule has 0 bridgehead atoms. The van der Waals surface area contributed by atoms with Crippen LogP contribution in [-0.4, -0.2) is 11.1 Å². The summed E-state index contributed by atoms with van der Waals surface area (Å²) in [7, 11) is 0. The number of rotatable bonds is 3. The Morgan fingerprint density at radius 3 is 2.22 bits per heavy atom. The smallest absolute Gasteiger partial charge is 0.135 e. The zero-order valence-corrected chi connectivity index (χ0v) is 27.9. The summed E-state index contributed by atoms with van der Waals surface area (Å²) in [6, 6.07) is 48.9. The summed E-state index contributed by atoms with van der Waals surface area (Å²) in [6.45, 7) is 0.719. The van der Waals surface area contributed by atoms with Crippen LogP contribution in [0.15, 0.2) is 167 Å². The minimum Gasteiger partial charge on any atom is -0.456 e. The van der Waals surface area contributed by atoms with Gasteiger partial charge in [-0.15, -0.1) is 5.73 Å². The van der Waals surface area contributed by atoms with Crippen LogP contribution >= 0.6 is 0 Å². The molecule has 3 nitrogen and oxygen atoms in total. The number of hydrogen-bond acceptors (Lipinski definition) is 2. The molecule has 3 heteroatoms. The van der Waals surface area contributed by atoms with Crippen LogP contribution in [0.25, 0.3) is 72.4 Å². The molecule has 0 N–H and O–H groups in total. The minimum absolute atomic E-state index is 0.719. The predicted molar refractivity (Wildman–Crippen MR) is 212 cm³/mol. The Morgan fingerprint density at radius 1 is 0.608 bits per heavy atom. The maximum atomic E-state index is 6.38. The van der Waals surface area contributed by atoms with E-state index in [2.05, 4.69) is 173 Å². The van der Waals surface area contributed by atoms with Crippen molar-refractivity contribution in [2.24, 2.45) is 0 Å². The van der Waals surface area contributed by atoms with Crippen molar-refractivity contribution in [3.63, 3.8) is 0 Å². The van der Waals surface area contributed by atoms with Gasteiger partial charge in [-0.3, -0.25) is 0 Å². The number of anilines is 2. The first-order chi connectivity index (χ1) is 25.3. The Bertz CT molecular complexity index is 2830. The monoisotopic (exact) mass is 652 g/mol. The number of allylic oxidation sites excluding steroid dienone is 2. The predicted octanol–water partition coefficient (Wildman–Crippen LogP) is 12.5. The Morgan fingerprint density at radius 2 is 1.35 bits per heavy atom. The molecule has 11 rings (SSSR count). The number of aromatic nitrogens is 1. The summed E-state index contributed by atoms with van der Waals surface area (Å²) >= 11 is 0. The number of nitrogens with zero attached hydrogens (tertiary/aromatic N) is 2. The Hall–Kier alpha value is -6.54. The molecule has 1 aliphatic heterocycles. The molecule has 0 fully saturated rings. The fourth-order valence-electron chi connectivity index (χ4n) is 8.53. The number of aryl methyl sites for hydroxylation is 1. The van der Waals surface area contributed by atoms with E-state index in [1.165, 1.54) is 66.3 Å². The van der Waals surface area contributed by atoms with Crippen molar-refractivity contribution in [1.29, 1.82) is 0 Å². The number of fused-ring (bicyclic) bond motifs is 11. The molecule has 0 radical (unpaired) electrons. The maximum absolute atomic E-state index is 6.38. The summed E-state index contributed by atoms with van der Waals surface area (Å²) in [5.41, 5.74) is 20.1. The summed E-state index contributed by atoms with van der Waals surface area (Å²) in [6.07, 6.45) is 10.7. The van der Waals surface area contributed by atoms with E-state index in [9.17, 15) is 0 Å². The quantitative estimate of drug-likeness (QED) is 0.177. The Balaban J connectivity index is 1.12. The van der Waals surface area contributed by atoms with Gasteiger partial charge in [0, 0.05) is 56.5 Å². The second-order valence-electron chi connectivity index (χ2n) is 13.7. The first-order valence-electron chi connectivity index (χ1n) is 17.8. The van der Waals surface area contributed by atoms with Gasteiger partial charge in [0.15, 0.2) is 0 Å². The third-order valence-electron chi connectivity index (χ3n) is 10.9. The second-order valence-corrected chi connectivity index (χ2v) is 13.7. The van der Waals surface area contributed by atoms with Gasteiger partial charge in [0.25, 0.3) is 0 Å². The zero-order valence-electron chi connectivity index (χ0n) is 27.9. The van der Waals surface area contributed by atoms with E-state index in [-0.39, 0.29) is 0 Å². The van der Waals surface area contributed by atoms with E-state index in [1.807, 2.05) is 0 Å². The second kappa shape index (κ2) is 11.0. The van der Waals surface area contributed by atoms with E-state index < -0.39 is 0 Å². The molecule has 0 atom stereocenters. The van der Waals surface area contributed by atoms with Crippen molar-refractivity contribution in [3.05, 3.63) is 180 Å². The lowest BCUT2D eigenvalue weighted by molar-refractivity contribution is 0.595. The van der Waals surface area contributed by atoms with Gasteiger partial charge in [-0.1, -0.05) is 97.1 Å². The molecule has 0 unspecified atom stereocenters. The minimum atomic E-state index is 0.719. The van der Waals surface area contributed by atoms with Crippen molar-refractivity contribution >= 4 is 55.8 Å². The van der Waals surface area contributed by atoms with Crippen LogP contribution in [0.1, 0.15) is 23.3 Å². The van der Waals surface area contributed by atoms with Gasteiger partial charge in [-0.25, -0.2) is 0 Å². The molecule has 8 aromatic rings. The molecule has 51 heavy (non-hydrogen) atoms. The summed E-state index contributed by atoms with van der Waals surface area (Å²) in [4.78, 5) is 2.49. The van der Waals surface area contributed by atoms with E-state index in [4.69, 9.17) is 4.42 Å². The highest BCUT2D eigenvalue weighted by Crippen LogP contribution is 2.46. The first-order valence-corrected chi connectivity index (χ1v) is 17.8. The molecule has 2 aliphatic carbocycles. The number of hydrogen-bond donors (Lipinski definition) is 0. The van der Waals surface area contributed by atoms with E-state index in [0.717, 1.165) is 53.2 Å². The highest BCUT2D eigenvalue weighted by Gasteiger charge is 2.27. The Kier molecular flexibility index (Phi) is 6.10. The zero-order chi connectivity index (χ0) is 33.5. The van der Waals surface area contributed by atoms with Gasteiger partial charge in [0.1, 0.15) is 11.3 Å². The molecular weight excluding hydrogens is 621 g/mol. The average molecular weight is 653 g/mol. The van der Waals surface area contributed by atoms with Crippen LogP contribution in [0.2, 0.25) is 0 Å². The lowest BCUT2D eigenvalue weighted by Gasteiger charge is -2.32. The lowest BCUT2D eigenvalue weighted by atomic mass is 9.87. The summed E-state index contributed by atoms with van der Waals surface area (Å²) in [5.74, 6) is 1.000. The molecule has 0 amide bonds. The summed E-state index contributed by atoms with van der Waals surface area (Å²) < 4.78 is 8.78. The topological polar surface area (TPSA) is 21.3 Å². The van der Waals surface area contributed by atoms with Gasteiger partial charge in [-0.2, -0.15) is 0 Å². The van der Waals surface area contributed by atoms with Crippen LogP contribution in [0, 0.1) is 0 Å². The molecule has 6 aromatic carbocycles. The molecule has 0 saturated carbocycles. The molecule has 0 saturated heterocycles. The molecule has 0 spiro atoms. The van der Waals surface area contributed by atoms with Crippen molar-refractivity contribution < 1.29 is 4.42 Å². The van der Waals surface area contributed by atoms with Gasteiger partial charge in [0.05, 0.1) is 11.0 Å². The average Bonchev–Trinajstić information content (AvgIpc) is 3.90. The fraction of sp³-hybridized carbons (Fsp3) is 0.0625. The van der Waals surface area contributed by atoms with Crippen LogP contribution in [0.3, 0.4) is 0 Å². The maximum Gasteiger partial charge on any atom is 0.135 e. The number of para-hydroxylation sites is 2. The highest BCUT2D eigenvalue weighted by atomic mass is 16.3. The van der Waals surface area contributed by atoms with E-state index in [1.54, 1.807) is 0 Å². The standard InChI is InChI=1S/C48H32N2O/c1-2-15-38-37(14-1)36-19-9-11-33(36)30-49(34-12-10-13-35(29-34)50-44-20-6-3-16-39(44)40-17-4-7-21-45(40)50)46-27-31(23-25-41(38)46)32-24-26-43-42-18-5-8-22-47(42)51-48(43)28-32/h1-4,6-17,20-29H,5,18,30H2. The van der Waals surface area contributed by atoms with Crippen LogP contribution < -0.4 is 4.90 Å². The first kappa shape index (κ1) is 28.3. The van der Waals surface area contributed by atoms with Crippen molar-refractivity contribution in [3.8, 4) is 27.9 Å². The molecular formula is C48H32N2O. The molecule has 3 aliphatic rings. The third kappa shape index (κ3) is 4.32. The van der Waals surface area contributed by atoms with Crippen molar-refractivity contribution in [1.82, 2.24) is 4.57 Å². The van der Waals surface area contributed by atoms with E-state index >= 15 is 0 Å². The third-order valence-corrected chi connectivity index (χ3v) is 10.9. The van der Waals surface area contributed by atoms with Crippen molar-refractivity contribution in [2.45, 2.75) is 12.8 Å². The van der Waals surface area contributed by atoms with Crippen LogP contribution in [0.5, 0.6) is 0 Å². The van der Waals surface area contributed by atoms with Gasteiger partial charge < -0.3 is 13.9 Å². The number of furan rings is 1. The number of benzene rings is 6. The molecule has 240 valence electrons. The normalized spacial score (nSPS) is 14.5.